The minimum Gasteiger partial charge on any atom is -0.395 e. The first kappa shape index (κ1) is 12.8. The van der Waals surface area contributed by atoms with Gasteiger partial charge < -0.3 is 11.1 Å². The third-order valence-electron chi connectivity index (χ3n) is 2.83. The lowest BCUT2D eigenvalue weighted by Crippen LogP contribution is -2.10. The van der Waals surface area contributed by atoms with Crippen molar-refractivity contribution in [2.24, 2.45) is 0 Å². The molecule has 1 aromatic heterocycles. The molecule has 0 aliphatic rings. The summed E-state index contributed by atoms with van der Waals surface area (Å²) < 4.78 is 12.9. The quantitative estimate of drug-likeness (QED) is 0.885. The number of aromatic nitrogens is 1. The molecule has 2 rings (SSSR count). The number of hydrogen-bond donors (Lipinski definition) is 2. The number of benzene rings is 1. The van der Waals surface area contributed by atoms with Gasteiger partial charge in [-0.1, -0.05) is 12.1 Å². The number of halogens is 1. The van der Waals surface area contributed by atoms with Crippen LogP contribution in [0.1, 0.15) is 24.1 Å². The van der Waals surface area contributed by atoms with Crippen LogP contribution in [0.5, 0.6) is 0 Å². The van der Waals surface area contributed by atoms with Crippen molar-refractivity contribution in [3.63, 3.8) is 0 Å². The Bertz CT molecular complexity index is 616. The van der Waals surface area contributed by atoms with Gasteiger partial charge in [0, 0.05) is 6.20 Å². The lowest BCUT2D eigenvalue weighted by Gasteiger charge is -2.16. The second kappa shape index (κ2) is 5.36. The van der Waals surface area contributed by atoms with E-state index in [2.05, 4.69) is 10.3 Å². The van der Waals surface area contributed by atoms with Crippen LogP contribution in [0.25, 0.3) is 0 Å². The Hall–Kier alpha value is -2.61. The predicted octanol–water partition coefficient (Wildman–Crippen LogP) is 2.85. The van der Waals surface area contributed by atoms with Crippen LogP contribution in [0.2, 0.25) is 0 Å². The molecule has 0 amide bonds. The van der Waals surface area contributed by atoms with Gasteiger partial charge >= 0.3 is 0 Å². The van der Waals surface area contributed by atoms with Crippen molar-refractivity contribution in [3.05, 3.63) is 53.5 Å². The van der Waals surface area contributed by atoms with Gasteiger partial charge in [0.2, 0.25) is 0 Å². The van der Waals surface area contributed by atoms with E-state index in [0.717, 1.165) is 5.56 Å². The summed E-state index contributed by atoms with van der Waals surface area (Å²) in [6, 6.07) is 9.65. The summed E-state index contributed by atoms with van der Waals surface area (Å²) in [5.74, 6) is 0.177. The second-order valence-electron chi connectivity index (χ2n) is 4.15. The van der Waals surface area contributed by atoms with Crippen molar-refractivity contribution in [1.82, 2.24) is 4.98 Å². The van der Waals surface area contributed by atoms with E-state index in [9.17, 15) is 4.39 Å². The van der Waals surface area contributed by atoms with E-state index in [1.807, 2.05) is 13.0 Å². The molecule has 0 bridgehead atoms. The maximum atomic E-state index is 12.9. The topological polar surface area (TPSA) is 74.7 Å². The first-order valence-electron chi connectivity index (χ1n) is 5.78. The summed E-state index contributed by atoms with van der Waals surface area (Å²) in [6.07, 6.45) is 1.52. The van der Waals surface area contributed by atoms with Crippen LogP contribution in [-0.2, 0) is 0 Å². The van der Waals surface area contributed by atoms with Crippen molar-refractivity contribution < 1.29 is 4.39 Å². The van der Waals surface area contributed by atoms with Crippen LogP contribution < -0.4 is 11.1 Å². The zero-order chi connectivity index (χ0) is 13.8. The molecule has 0 saturated heterocycles. The number of anilines is 2. The number of nitrogens with zero attached hydrogens (tertiary/aromatic N) is 2. The highest BCUT2D eigenvalue weighted by Gasteiger charge is 2.10. The number of rotatable bonds is 3. The van der Waals surface area contributed by atoms with Crippen LogP contribution in [-0.4, -0.2) is 4.98 Å². The van der Waals surface area contributed by atoms with Gasteiger partial charge in [-0.3, -0.25) is 0 Å². The van der Waals surface area contributed by atoms with E-state index < -0.39 is 0 Å². The fourth-order valence-electron chi connectivity index (χ4n) is 1.73. The van der Waals surface area contributed by atoms with E-state index in [-0.39, 0.29) is 11.9 Å². The monoisotopic (exact) mass is 256 g/mol. The van der Waals surface area contributed by atoms with Crippen LogP contribution in [0.4, 0.5) is 15.9 Å². The van der Waals surface area contributed by atoms with Crippen LogP contribution in [0.15, 0.2) is 36.5 Å². The Labute approximate surface area is 110 Å². The zero-order valence-electron chi connectivity index (χ0n) is 10.4. The minimum atomic E-state index is -0.278. The number of nitrogens with one attached hydrogen (secondary N) is 1. The highest BCUT2D eigenvalue weighted by molar-refractivity contribution is 5.69. The van der Waals surface area contributed by atoms with Gasteiger partial charge in [-0.2, -0.15) is 5.26 Å². The van der Waals surface area contributed by atoms with Crippen molar-refractivity contribution >= 4 is 11.5 Å². The molecule has 0 fully saturated rings. The molecular weight excluding hydrogens is 243 g/mol. The molecule has 0 saturated carbocycles. The summed E-state index contributed by atoms with van der Waals surface area (Å²) in [7, 11) is 0. The maximum Gasteiger partial charge on any atom is 0.151 e. The standard InChI is InChI=1S/C14H13FN4/c1-9(10-2-4-12(15)5-3-10)19-14-13(17)11(8-16)6-7-18-14/h2-7,9H,17H2,1H3,(H,18,19). The van der Waals surface area contributed by atoms with Gasteiger partial charge in [-0.05, 0) is 30.7 Å². The summed E-state index contributed by atoms with van der Waals surface area (Å²) in [6.45, 7) is 1.91. The lowest BCUT2D eigenvalue weighted by atomic mass is 10.1. The summed E-state index contributed by atoms with van der Waals surface area (Å²) in [4.78, 5) is 4.11. The Kier molecular flexibility index (Phi) is 3.62. The molecule has 0 aliphatic heterocycles. The number of pyridine rings is 1. The average molecular weight is 256 g/mol. The molecule has 0 aliphatic carbocycles. The SMILES string of the molecule is CC(Nc1nccc(C#N)c1N)c1ccc(F)cc1. The fourth-order valence-corrected chi connectivity index (χ4v) is 1.73. The lowest BCUT2D eigenvalue weighted by molar-refractivity contribution is 0.626. The highest BCUT2D eigenvalue weighted by Crippen LogP contribution is 2.24. The molecular formula is C14H13FN4. The number of hydrogen-bond acceptors (Lipinski definition) is 4. The molecule has 96 valence electrons. The van der Waals surface area contributed by atoms with Crippen LogP contribution in [0.3, 0.4) is 0 Å². The molecule has 1 aromatic carbocycles. The summed E-state index contributed by atoms with van der Waals surface area (Å²) in [5, 5.41) is 12.0. The smallest absolute Gasteiger partial charge is 0.151 e. The van der Waals surface area contributed by atoms with Crippen molar-refractivity contribution in [3.8, 4) is 6.07 Å². The van der Waals surface area contributed by atoms with E-state index >= 15 is 0 Å². The summed E-state index contributed by atoms with van der Waals surface area (Å²) >= 11 is 0. The molecule has 0 radical (unpaired) electrons. The van der Waals surface area contributed by atoms with Gasteiger partial charge in [0.15, 0.2) is 5.82 Å². The van der Waals surface area contributed by atoms with Gasteiger partial charge in [-0.15, -0.1) is 0 Å². The van der Waals surface area contributed by atoms with Gasteiger partial charge in [0.05, 0.1) is 17.3 Å². The molecule has 19 heavy (non-hydrogen) atoms. The van der Waals surface area contributed by atoms with Gasteiger partial charge in [-0.25, -0.2) is 9.37 Å². The molecule has 1 atom stereocenters. The van der Waals surface area contributed by atoms with Gasteiger partial charge in [0.25, 0.3) is 0 Å². The Morgan fingerprint density at radius 3 is 2.63 bits per heavy atom. The van der Waals surface area contributed by atoms with E-state index in [4.69, 9.17) is 11.0 Å². The molecule has 1 heterocycles. The largest absolute Gasteiger partial charge is 0.395 e. The van der Waals surface area contributed by atoms with Crippen LogP contribution in [0, 0.1) is 17.1 Å². The second-order valence-corrected chi connectivity index (χ2v) is 4.15. The van der Waals surface area contributed by atoms with Crippen LogP contribution >= 0.6 is 0 Å². The Balaban J connectivity index is 2.22. The van der Waals surface area contributed by atoms with E-state index in [1.54, 1.807) is 18.2 Å². The number of nitriles is 1. The van der Waals surface area contributed by atoms with Gasteiger partial charge in [0.1, 0.15) is 11.9 Å². The van der Waals surface area contributed by atoms with Crippen molar-refractivity contribution in [2.45, 2.75) is 13.0 Å². The normalized spacial score (nSPS) is 11.6. The molecule has 4 nitrogen and oxygen atoms in total. The van der Waals surface area contributed by atoms with E-state index in [1.165, 1.54) is 18.3 Å². The first-order valence-corrected chi connectivity index (χ1v) is 5.78. The summed E-state index contributed by atoms with van der Waals surface area (Å²) in [5.41, 5.74) is 7.44. The fraction of sp³-hybridized carbons (Fsp3) is 0.143. The van der Waals surface area contributed by atoms with Crippen molar-refractivity contribution in [1.29, 1.82) is 5.26 Å². The maximum absolute atomic E-state index is 12.9. The molecule has 2 aromatic rings. The number of nitrogens with two attached hydrogens (primary N) is 1. The average Bonchev–Trinajstić information content (AvgIpc) is 2.42. The van der Waals surface area contributed by atoms with Crippen molar-refractivity contribution in [2.75, 3.05) is 11.1 Å². The van der Waals surface area contributed by atoms with E-state index in [0.29, 0.717) is 17.1 Å². The predicted molar refractivity (Wildman–Crippen MR) is 71.8 cm³/mol. The molecule has 5 heteroatoms. The number of nitrogen functional groups attached to an aromatic ring is 1. The Morgan fingerprint density at radius 2 is 2.00 bits per heavy atom. The third kappa shape index (κ3) is 2.80. The molecule has 3 N–H and O–H groups in total. The third-order valence-corrected chi connectivity index (χ3v) is 2.83. The Morgan fingerprint density at radius 1 is 1.32 bits per heavy atom. The highest BCUT2D eigenvalue weighted by atomic mass is 19.1. The molecule has 0 spiro atoms. The zero-order valence-corrected chi connectivity index (χ0v) is 10.4. The first-order chi connectivity index (χ1) is 9.11. The minimum absolute atomic E-state index is 0.0932. The molecule has 1 unspecified atom stereocenters.